The number of nitrogens with zero attached hydrogens (tertiary/aromatic N) is 1. The predicted molar refractivity (Wildman–Crippen MR) is 71.5 cm³/mol. The van der Waals surface area contributed by atoms with Gasteiger partial charge in [-0.05, 0) is 32.0 Å². The average Bonchev–Trinajstić information content (AvgIpc) is 2.79. The minimum atomic E-state index is -0.935. The zero-order valence-electron chi connectivity index (χ0n) is 10.8. The van der Waals surface area contributed by atoms with E-state index in [4.69, 9.17) is 4.52 Å². The normalized spacial score (nSPS) is 12.2. The highest BCUT2D eigenvalue weighted by atomic mass is 32.2. The SMILES string of the molecule is Cc1cc(NC(=O)C(C)Sc2ccc(F)c(F)c2)no1. The summed E-state index contributed by atoms with van der Waals surface area (Å²) < 4.78 is 30.7. The fraction of sp³-hybridized carbons (Fsp3) is 0.231. The van der Waals surface area contributed by atoms with Gasteiger partial charge in [0.05, 0.1) is 5.25 Å². The highest BCUT2D eigenvalue weighted by Crippen LogP contribution is 2.25. The molecular formula is C13H12F2N2O2S. The largest absolute Gasteiger partial charge is 0.360 e. The van der Waals surface area contributed by atoms with Gasteiger partial charge in [-0.25, -0.2) is 8.78 Å². The second kappa shape index (κ2) is 6.04. The Labute approximate surface area is 118 Å². The van der Waals surface area contributed by atoms with E-state index in [1.54, 1.807) is 19.9 Å². The van der Waals surface area contributed by atoms with Crippen molar-refractivity contribution in [2.45, 2.75) is 24.0 Å². The van der Waals surface area contributed by atoms with Crippen molar-refractivity contribution in [2.75, 3.05) is 5.32 Å². The average molecular weight is 298 g/mol. The minimum absolute atomic E-state index is 0.298. The van der Waals surface area contributed by atoms with Crippen molar-refractivity contribution < 1.29 is 18.1 Å². The van der Waals surface area contributed by atoms with Crippen LogP contribution in [0.15, 0.2) is 33.7 Å². The van der Waals surface area contributed by atoms with Crippen molar-refractivity contribution in [3.63, 3.8) is 0 Å². The van der Waals surface area contributed by atoms with E-state index in [0.717, 1.165) is 23.9 Å². The third-order valence-corrected chi connectivity index (χ3v) is 3.55. The van der Waals surface area contributed by atoms with Crippen LogP contribution in [0.25, 0.3) is 0 Å². The van der Waals surface area contributed by atoms with Crippen molar-refractivity contribution >= 4 is 23.5 Å². The van der Waals surface area contributed by atoms with E-state index in [0.29, 0.717) is 16.5 Å². The molecule has 0 aliphatic rings. The summed E-state index contributed by atoms with van der Waals surface area (Å²) in [6, 6.07) is 5.10. The Bertz CT molecular complexity index is 631. The van der Waals surface area contributed by atoms with Gasteiger partial charge in [0.25, 0.3) is 0 Å². The molecule has 1 N–H and O–H groups in total. The first kappa shape index (κ1) is 14.5. The van der Waals surface area contributed by atoms with E-state index in [-0.39, 0.29) is 5.91 Å². The lowest BCUT2D eigenvalue weighted by atomic mass is 10.3. The smallest absolute Gasteiger partial charge is 0.238 e. The molecule has 20 heavy (non-hydrogen) atoms. The van der Waals surface area contributed by atoms with Crippen LogP contribution in [0.1, 0.15) is 12.7 Å². The molecule has 1 unspecified atom stereocenters. The summed E-state index contributed by atoms with van der Waals surface area (Å²) in [7, 11) is 0. The molecule has 0 saturated heterocycles. The van der Waals surface area contributed by atoms with E-state index in [2.05, 4.69) is 10.5 Å². The molecule has 0 aliphatic carbocycles. The molecule has 0 radical (unpaired) electrons. The maximum atomic E-state index is 13.1. The number of aromatic nitrogens is 1. The van der Waals surface area contributed by atoms with Crippen LogP contribution >= 0.6 is 11.8 Å². The van der Waals surface area contributed by atoms with Gasteiger partial charge in [-0.2, -0.15) is 0 Å². The van der Waals surface area contributed by atoms with Crippen molar-refractivity contribution in [3.05, 3.63) is 41.7 Å². The molecule has 0 saturated carbocycles. The standard InChI is InChI=1S/C13H12F2N2O2S/c1-7-5-12(17-19-7)16-13(18)8(2)20-9-3-4-10(14)11(15)6-9/h3-6,8H,1-2H3,(H,16,17,18). The Kier molecular flexibility index (Phi) is 4.39. The lowest BCUT2D eigenvalue weighted by molar-refractivity contribution is -0.115. The van der Waals surface area contributed by atoms with Gasteiger partial charge < -0.3 is 9.84 Å². The van der Waals surface area contributed by atoms with E-state index in [9.17, 15) is 13.6 Å². The lowest BCUT2D eigenvalue weighted by Gasteiger charge is -2.10. The van der Waals surface area contributed by atoms with Crippen molar-refractivity contribution in [1.29, 1.82) is 0 Å². The summed E-state index contributed by atoms with van der Waals surface area (Å²) in [5.74, 6) is -1.24. The van der Waals surface area contributed by atoms with E-state index < -0.39 is 16.9 Å². The Balaban J connectivity index is 1.98. The number of halogens is 2. The zero-order chi connectivity index (χ0) is 14.7. The molecule has 1 aromatic carbocycles. The molecular weight excluding hydrogens is 286 g/mol. The number of nitrogens with one attached hydrogen (secondary N) is 1. The number of anilines is 1. The Hall–Kier alpha value is -1.89. The minimum Gasteiger partial charge on any atom is -0.360 e. The first-order valence-electron chi connectivity index (χ1n) is 5.81. The van der Waals surface area contributed by atoms with E-state index in [1.807, 2.05) is 0 Å². The van der Waals surface area contributed by atoms with Crippen molar-refractivity contribution in [3.8, 4) is 0 Å². The van der Waals surface area contributed by atoms with E-state index in [1.165, 1.54) is 6.07 Å². The number of carbonyl (C=O) groups excluding carboxylic acids is 1. The zero-order valence-corrected chi connectivity index (χ0v) is 11.6. The molecule has 1 atom stereocenters. The predicted octanol–water partition coefficient (Wildman–Crippen LogP) is 3.38. The maximum absolute atomic E-state index is 13.1. The molecule has 0 fully saturated rings. The lowest BCUT2D eigenvalue weighted by Crippen LogP contribution is -2.22. The van der Waals surface area contributed by atoms with Gasteiger partial charge in [-0.3, -0.25) is 4.79 Å². The van der Waals surface area contributed by atoms with Gasteiger partial charge in [-0.1, -0.05) is 5.16 Å². The topological polar surface area (TPSA) is 55.1 Å². The molecule has 1 aromatic heterocycles. The summed E-state index contributed by atoms with van der Waals surface area (Å²) in [5.41, 5.74) is 0. The van der Waals surface area contributed by atoms with Crippen LogP contribution < -0.4 is 5.32 Å². The number of amides is 1. The van der Waals surface area contributed by atoms with Gasteiger partial charge in [0.15, 0.2) is 17.5 Å². The quantitative estimate of drug-likeness (QED) is 0.879. The molecule has 2 rings (SSSR count). The first-order chi connectivity index (χ1) is 9.45. The highest BCUT2D eigenvalue weighted by Gasteiger charge is 2.16. The number of thioether (sulfide) groups is 1. The van der Waals surface area contributed by atoms with Crippen molar-refractivity contribution in [1.82, 2.24) is 5.16 Å². The summed E-state index contributed by atoms with van der Waals surface area (Å²) in [6.07, 6.45) is 0. The molecule has 0 aliphatic heterocycles. The summed E-state index contributed by atoms with van der Waals surface area (Å²) in [6.45, 7) is 3.37. The van der Waals surface area contributed by atoms with E-state index >= 15 is 0 Å². The van der Waals surface area contributed by atoms with Crippen LogP contribution in [0, 0.1) is 18.6 Å². The van der Waals surface area contributed by atoms with Crippen LogP contribution in [-0.2, 0) is 4.79 Å². The molecule has 1 heterocycles. The number of carbonyl (C=O) groups is 1. The van der Waals surface area contributed by atoms with Gasteiger partial charge >= 0.3 is 0 Å². The second-order valence-corrected chi connectivity index (χ2v) is 5.56. The second-order valence-electron chi connectivity index (χ2n) is 4.15. The molecule has 7 heteroatoms. The molecule has 0 bridgehead atoms. The fourth-order valence-electron chi connectivity index (χ4n) is 1.46. The first-order valence-corrected chi connectivity index (χ1v) is 6.69. The van der Waals surface area contributed by atoms with Gasteiger partial charge in [0.1, 0.15) is 5.76 Å². The molecule has 2 aromatic rings. The number of hydrogen-bond donors (Lipinski definition) is 1. The summed E-state index contributed by atoms with van der Waals surface area (Å²) in [5, 5.41) is 5.73. The molecule has 0 spiro atoms. The Morgan fingerprint density at radius 2 is 2.10 bits per heavy atom. The number of hydrogen-bond acceptors (Lipinski definition) is 4. The molecule has 1 amide bonds. The fourth-order valence-corrected chi connectivity index (χ4v) is 2.35. The maximum Gasteiger partial charge on any atom is 0.238 e. The number of benzene rings is 1. The van der Waals surface area contributed by atoms with Crippen LogP contribution in [0.2, 0.25) is 0 Å². The Morgan fingerprint density at radius 1 is 1.35 bits per heavy atom. The van der Waals surface area contributed by atoms with Crippen LogP contribution in [0.4, 0.5) is 14.6 Å². The Morgan fingerprint density at radius 3 is 2.70 bits per heavy atom. The van der Waals surface area contributed by atoms with Gasteiger partial charge in [-0.15, -0.1) is 11.8 Å². The van der Waals surface area contributed by atoms with Crippen molar-refractivity contribution in [2.24, 2.45) is 0 Å². The number of rotatable bonds is 4. The van der Waals surface area contributed by atoms with Crippen LogP contribution in [0.3, 0.4) is 0 Å². The molecule has 106 valence electrons. The van der Waals surface area contributed by atoms with Crippen LogP contribution in [-0.4, -0.2) is 16.3 Å². The third-order valence-electron chi connectivity index (χ3n) is 2.45. The van der Waals surface area contributed by atoms with Gasteiger partial charge in [0.2, 0.25) is 5.91 Å². The molecule has 4 nitrogen and oxygen atoms in total. The summed E-state index contributed by atoms with van der Waals surface area (Å²) in [4.78, 5) is 12.4. The van der Waals surface area contributed by atoms with Crippen LogP contribution in [0.5, 0.6) is 0 Å². The number of aryl methyl sites for hydroxylation is 1. The highest BCUT2D eigenvalue weighted by molar-refractivity contribution is 8.00. The third kappa shape index (κ3) is 3.57. The van der Waals surface area contributed by atoms with Gasteiger partial charge in [0, 0.05) is 11.0 Å². The summed E-state index contributed by atoms with van der Waals surface area (Å²) >= 11 is 1.12. The monoisotopic (exact) mass is 298 g/mol.